The standard InChI is InChI=1S/C16H12N2O2S/c1-20-12-8-6-11(7-9-12)16(19)18-13-4-2-3-5-14(13)21-15(18)10-17/h2-9,15H,1H3. The zero-order chi connectivity index (χ0) is 14.8. The first-order valence-corrected chi connectivity index (χ1v) is 7.25. The predicted octanol–water partition coefficient (Wildman–Crippen LogP) is 3.30. The fraction of sp³-hybridized carbons (Fsp3) is 0.125. The van der Waals surface area contributed by atoms with Gasteiger partial charge in [-0.1, -0.05) is 23.9 Å². The van der Waals surface area contributed by atoms with Crippen molar-refractivity contribution < 1.29 is 9.53 Å². The van der Waals surface area contributed by atoms with Crippen LogP contribution in [0.15, 0.2) is 53.4 Å². The van der Waals surface area contributed by atoms with Crippen molar-refractivity contribution in [3.05, 3.63) is 54.1 Å². The molecule has 0 aromatic heterocycles. The van der Waals surface area contributed by atoms with Gasteiger partial charge in [0.1, 0.15) is 5.75 Å². The van der Waals surface area contributed by atoms with E-state index in [1.807, 2.05) is 24.3 Å². The van der Waals surface area contributed by atoms with E-state index in [9.17, 15) is 10.1 Å². The summed E-state index contributed by atoms with van der Waals surface area (Å²) in [4.78, 5) is 15.2. The highest BCUT2D eigenvalue weighted by Gasteiger charge is 2.34. The Labute approximate surface area is 126 Å². The van der Waals surface area contributed by atoms with Crippen LogP contribution >= 0.6 is 11.8 Å². The van der Waals surface area contributed by atoms with Gasteiger partial charge in [-0.2, -0.15) is 5.26 Å². The summed E-state index contributed by atoms with van der Waals surface area (Å²) in [6.45, 7) is 0. The molecule has 1 atom stereocenters. The number of carbonyl (C=O) groups excluding carboxylic acids is 1. The summed E-state index contributed by atoms with van der Waals surface area (Å²) < 4.78 is 5.09. The number of hydrogen-bond acceptors (Lipinski definition) is 4. The van der Waals surface area contributed by atoms with E-state index in [2.05, 4.69) is 6.07 Å². The van der Waals surface area contributed by atoms with Crippen LogP contribution in [0.3, 0.4) is 0 Å². The smallest absolute Gasteiger partial charge is 0.260 e. The first kappa shape index (κ1) is 13.5. The van der Waals surface area contributed by atoms with Gasteiger partial charge in [-0.05, 0) is 36.4 Å². The monoisotopic (exact) mass is 296 g/mol. The van der Waals surface area contributed by atoms with Crippen molar-refractivity contribution in [3.63, 3.8) is 0 Å². The van der Waals surface area contributed by atoms with Crippen LogP contribution in [0, 0.1) is 11.3 Å². The molecule has 0 bridgehead atoms. The number of carbonyl (C=O) groups is 1. The van der Waals surface area contributed by atoms with Crippen LogP contribution in [-0.2, 0) is 0 Å². The summed E-state index contributed by atoms with van der Waals surface area (Å²) in [7, 11) is 1.58. The van der Waals surface area contributed by atoms with E-state index in [-0.39, 0.29) is 5.91 Å². The number of amides is 1. The molecule has 1 unspecified atom stereocenters. The second kappa shape index (κ2) is 5.51. The van der Waals surface area contributed by atoms with Crippen molar-refractivity contribution in [2.24, 2.45) is 0 Å². The third-order valence-electron chi connectivity index (χ3n) is 3.26. The summed E-state index contributed by atoms with van der Waals surface area (Å²) in [5.74, 6) is 0.515. The molecule has 1 amide bonds. The Balaban J connectivity index is 1.97. The van der Waals surface area contributed by atoms with E-state index >= 15 is 0 Å². The average Bonchev–Trinajstić information content (AvgIpc) is 2.92. The quantitative estimate of drug-likeness (QED) is 0.853. The van der Waals surface area contributed by atoms with Gasteiger partial charge in [-0.3, -0.25) is 9.69 Å². The zero-order valence-corrected chi connectivity index (χ0v) is 12.1. The van der Waals surface area contributed by atoms with Crippen LogP contribution in [0.1, 0.15) is 10.4 Å². The van der Waals surface area contributed by atoms with E-state index in [0.29, 0.717) is 11.3 Å². The van der Waals surface area contributed by atoms with Gasteiger partial charge < -0.3 is 4.74 Å². The number of nitrogens with zero attached hydrogens (tertiary/aromatic N) is 2. The lowest BCUT2D eigenvalue weighted by Gasteiger charge is -2.20. The Morgan fingerprint density at radius 1 is 1.24 bits per heavy atom. The third-order valence-corrected chi connectivity index (χ3v) is 4.40. The van der Waals surface area contributed by atoms with Crippen molar-refractivity contribution >= 4 is 23.4 Å². The molecular formula is C16H12N2O2S. The minimum Gasteiger partial charge on any atom is -0.497 e. The molecule has 0 fully saturated rings. The van der Waals surface area contributed by atoms with Crippen molar-refractivity contribution in [3.8, 4) is 11.8 Å². The number of methoxy groups -OCH3 is 1. The van der Waals surface area contributed by atoms with E-state index in [0.717, 1.165) is 10.6 Å². The van der Waals surface area contributed by atoms with Crippen molar-refractivity contribution in [1.82, 2.24) is 0 Å². The number of hydrogen-bond donors (Lipinski definition) is 0. The summed E-state index contributed by atoms with van der Waals surface area (Å²) >= 11 is 1.39. The molecular weight excluding hydrogens is 284 g/mol. The molecule has 4 nitrogen and oxygen atoms in total. The second-order valence-corrected chi connectivity index (χ2v) is 5.59. The molecule has 1 heterocycles. The average molecular weight is 296 g/mol. The van der Waals surface area contributed by atoms with Crippen LogP contribution in [0.4, 0.5) is 5.69 Å². The molecule has 21 heavy (non-hydrogen) atoms. The van der Waals surface area contributed by atoms with Gasteiger partial charge in [0.15, 0.2) is 5.37 Å². The van der Waals surface area contributed by atoms with E-state index in [4.69, 9.17) is 4.74 Å². The first-order valence-electron chi connectivity index (χ1n) is 6.37. The second-order valence-electron chi connectivity index (χ2n) is 4.47. The van der Waals surface area contributed by atoms with Crippen LogP contribution in [-0.4, -0.2) is 18.4 Å². The number of nitriles is 1. The molecule has 104 valence electrons. The maximum Gasteiger partial charge on any atom is 0.260 e. The van der Waals surface area contributed by atoms with Gasteiger partial charge in [0.2, 0.25) is 0 Å². The van der Waals surface area contributed by atoms with E-state index in [1.54, 1.807) is 36.3 Å². The van der Waals surface area contributed by atoms with Gasteiger partial charge in [0.25, 0.3) is 5.91 Å². The van der Waals surface area contributed by atoms with Crippen molar-refractivity contribution in [2.75, 3.05) is 12.0 Å². The molecule has 2 aromatic carbocycles. The molecule has 0 saturated heterocycles. The number of anilines is 1. The Morgan fingerprint density at radius 3 is 2.62 bits per heavy atom. The molecule has 3 rings (SSSR count). The summed E-state index contributed by atoms with van der Waals surface area (Å²) in [6, 6.07) is 16.6. The predicted molar refractivity (Wildman–Crippen MR) is 81.5 cm³/mol. The highest BCUT2D eigenvalue weighted by atomic mass is 32.2. The van der Waals surface area contributed by atoms with Crippen molar-refractivity contribution in [1.29, 1.82) is 5.26 Å². The fourth-order valence-corrected chi connectivity index (χ4v) is 3.28. The lowest BCUT2D eigenvalue weighted by molar-refractivity contribution is 0.0988. The number of thioether (sulfide) groups is 1. The molecule has 0 radical (unpaired) electrons. The number of rotatable bonds is 2. The van der Waals surface area contributed by atoms with Crippen LogP contribution in [0.5, 0.6) is 5.75 Å². The highest BCUT2D eigenvalue weighted by molar-refractivity contribution is 8.00. The lowest BCUT2D eigenvalue weighted by Crippen LogP contribution is -2.34. The topological polar surface area (TPSA) is 53.3 Å². The summed E-state index contributed by atoms with van der Waals surface area (Å²) in [5, 5.41) is 8.77. The summed E-state index contributed by atoms with van der Waals surface area (Å²) in [6.07, 6.45) is 0. The first-order chi connectivity index (χ1) is 10.2. The largest absolute Gasteiger partial charge is 0.497 e. The minimum absolute atomic E-state index is 0.179. The summed E-state index contributed by atoms with van der Waals surface area (Å²) in [5.41, 5.74) is 1.32. The number of benzene rings is 2. The number of fused-ring (bicyclic) bond motifs is 1. The van der Waals surface area contributed by atoms with Gasteiger partial charge in [-0.15, -0.1) is 0 Å². The van der Waals surface area contributed by atoms with Gasteiger partial charge in [-0.25, -0.2) is 0 Å². The number of para-hydroxylation sites is 1. The Bertz CT molecular complexity index is 722. The SMILES string of the molecule is COc1ccc(C(=O)N2c3ccccc3SC2C#N)cc1. The highest BCUT2D eigenvalue weighted by Crippen LogP contribution is 2.43. The molecule has 2 aromatic rings. The molecule has 0 spiro atoms. The normalized spacial score (nSPS) is 16.2. The maximum absolute atomic E-state index is 12.7. The Morgan fingerprint density at radius 2 is 1.95 bits per heavy atom. The van der Waals surface area contributed by atoms with Crippen LogP contribution in [0.25, 0.3) is 0 Å². The zero-order valence-electron chi connectivity index (χ0n) is 11.3. The number of ether oxygens (including phenoxy) is 1. The lowest BCUT2D eigenvalue weighted by atomic mass is 10.1. The molecule has 1 aliphatic rings. The third kappa shape index (κ3) is 2.34. The van der Waals surface area contributed by atoms with E-state index in [1.165, 1.54) is 11.8 Å². The van der Waals surface area contributed by atoms with Gasteiger partial charge in [0.05, 0.1) is 18.9 Å². The fourth-order valence-electron chi connectivity index (χ4n) is 2.23. The van der Waals surface area contributed by atoms with E-state index < -0.39 is 5.37 Å². The van der Waals surface area contributed by atoms with Crippen LogP contribution < -0.4 is 9.64 Å². The van der Waals surface area contributed by atoms with Crippen LogP contribution in [0.2, 0.25) is 0 Å². The molecule has 1 aliphatic heterocycles. The minimum atomic E-state index is -0.531. The molecule has 0 saturated carbocycles. The maximum atomic E-state index is 12.7. The Kier molecular flexibility index (Phi) is 3.55. The van der Waals surface area contributed by atoms with Gasteiger partial charge >= 0.3 is 0 Å². The molecule has 5 heteroatoms. The molecule has 0 aliphatic carbocycles. The van der Waals surface area contributed by atoms with Gasteiger partial charge in [0, 0.05) is 10.5 Å². The Hall–Kier alpha value is -2.45. The molecule has 0 N–H and O–H groups in total. The van der Waals surface area contributed by atoms with Crippen molar-refractivity contribution in [2.45, 2.75) is 10.3 Å².